The molecular weight excluding hydrogens is 428 g/mol. The minimum absolute atomic E-state index is 0.00695. The van der Waals surface area contributed by atoms with Crippen LogP contribution in [0.15, 0.2) is 46.2 Å². The Labute approximate surface area is 186 Å². The predicted octanol–water partition coefficient (Wildman–Crippen LogP) is 6.53. The second-order valence-corrected chi connectivity index (χ2v) is 22.9. The van der Waals surface area contributed by atoms with Gasteiger partial charge in [-0.3, -0.25) is 0 Å². The molecule has 0 radical (unpaired) electrons. The van der Waals surface area contributed by atoms with Gasteiger partial charge in [0.1, 0.15) is 0 Å². The first-order chi connectivity index (χ1) is 13.4. The molecule has 1 aliphatic rings. The van der Waals surface area contributed by atoms with E-state index in [4.69, 9.17) is 8.85 Å². The van der Waals surface area contributed by atoms with Crippen LogP contribution >= 0.6 is 0 Å². The van der Waals surface area contributed by atoms with E-state index in [1.54, 1.807) is 24.3 Å². The summed E-state index contributed by atoms with van der Waals surface area (Å²) in [6.07, 6.45) is 1.67. The minimum atomic E-state index is -3.64. The zero-order valence-electron chi connectivity index (χ0n) is 20.4. The van der Waals surface area contributed by atoms with Crippen molar-refractivity contribution in [2.24, 2.45) is 0 Å². The Hall–Kier alpha value is -0.736. The van der Waals surface area contributed by atoms with E-state index in [1.807, 2.05) is 12.1 Å². The average Bonchev–Trinajstić information content (AvgIpc) is 2.95. The minimum Gasteiger partial charge on any atom is -0.410 e. The van der Waals surface area contributed by atoms with Gasteiger partial charge in [-0.15, -0.1) is 0 Å². The Kier molecular flexibility index (Phi) is 7.07. The van der Waals surface area contributed by atoms with Crippen molar-refractivity contribution in [2.75, 3.05) is 0 Å². The lowest BCUT2D eigenvalue weighted by molar-refractivity contribution is 0.157. The molecule has 0 aromatic heterocycles. The molecular formula is C23H40O4SSi2. The third-order valence-corrected chi connectivity index (χ3v) is 17.9. The molecule has 0 heterocycles. The molecule has 1 aromatic carbocycles. The van der Waals surface area contributed by atoms with Crippen molar-refractivity contribution >= 4 is 26.5 Å². The Balaban J connectivity index is 2.45. The van der Waals surface area contributed by atoms with E-state index in [2.05, 4.69) is 67.7 Å². The lowest BCUT2D eigenvalue weighted by Crippen LogP contribution is -2.45. The second-order valence-electron chi connectivity index (χ2n) is 11.4. The summed E-state index contributed by atoms with van der Waals surface area (Å²) in [5, 5.41) is 0.0463. The van der Waals surface area contributed by atoms with Crippen LogP contribution < -0.4 is 0 Å². The summed E-state index contributed by atoms with van der Waals surface area (Å²) in [6.45, 7) is 21.9. The first-order valence-electron chi connectivity index (χ1n) is 10.8. The van der Waals surface area contributed by atoms with Gasteiger partial charge in [0.2, 0.25) is 9.84 Å². The van der Waals surface area contributed by atoms with E-state index < -0.39 is 32.6 Å². The first-order valence-corrected chi connectivity index (χ1v) is 18.1. The van der Waals surface area contributed by atoms with Crippen LogP contribution in [0.2, 0.25) is 36.3 Å². The largest absolute Gasteiger partial charge is 0.410 e. The fourth-order valence-electron chi connectivity index (χ4n) is 2.96. The summed E-state index contributed by atoms with van der Waals surface area (Å²) < 4.78 is 40.3. The third-order valence-electron chi connectivity index (χ3n) is 6.97. The molecule has 0 bridgehead atoms. The molecule has 1 aliphatic carbocycles. The number of sulfone groups is 1. The predicted molar refractivity (Wildman–Crippen MR) is 130 cm³/mol. The highest BCUT2D eigenvalue weighted by atomic mass is 32.2. The van der Waals surface area contributed by atoms with Gasteiger partial charge in [-0.25, -0.2) is 8.42 Å². The van der Waals surface area contributed by atoms with Gasteiger partial charge in [0.05, 0.1) is 22.0 Å². The van der Waals surface area contributed by atoms with Crippen LogP contribution in [0.3, 0.4) is 0 Å². The molecule has 1 aromatic rings. The van der Waals surface area contributed by atoms with E-state index >= 15 is 0 Å². The third kappa shape index (κ3) is 5.35. The van der Waals surface area contributed by atoms with E-state index in [0.29, 0.717) is 16.2 Å². The van der Waals surface area contributed by atoms with Crippen LogP contribution in [-0.4, -0.2) is 37.3 Å². The van der Waals surface area contributed by atoms with Crippen molar-refractivity contribution in [3.8, 4) is 0 Å². The zero-order chi connectivity index (χ0) is 23.2. The molecule has 0 amide bonds. The Morgan fingerprint density at radius 3 is 1.77 bits per heavy atom. The average molecular weight is 469 g/mol. The lowest BCUT2D eigenvalue weighted by Gasteiger charge is -2.40. The summed E-state index contributed by atoms with van der Waals surface area (Å²) in [4.78, 5) is 0.676. The Morgan fingerprint density at radius 1 is 0.833 bits per heavy atom. The summed E-state index contributed by atoms with van der Waals surface area (Å²) in [5.41, 5.74) is 0. The molecule has 30 heavy (non-hydrogen) atoms. The van der Waals surface area contributed by atoms with Gasteiger partial charge in [-0.2, -0.15) is 0 Å². The van der Waals surface area contributed by atoms with E-state index in [9.17, 15) is 8.42 Å². The summed E-state index contributed by atoms with van der Waals surface area (Å²) in [7, 11) is -7.85. The molecule has 0 saturated heterocycles. The molecule has 0 unspecified atom stereocenters. The molecule has 0 spiro atoms. The number of benzene rings is 1. The lowest BCUT2D eigenvalue weighted by atomic mass is 10.2. The molecule has 0 N–H and O–H groups in total. The van der Waals surface area contributed by atoms with Crippen LogP contribution in [0, 0.1) is 0 Å². The fraction of sp³-hybridized carbons (Fsp3) is 0.652. The summed E-state index contributed by atoms with van der Waals surface area (Å²) in [5.74, 6) is 0. The smallest absolute Gasteiger partial charge is 0.205 e. The van der Waals surface area contributed by atoms with Gasteiger partial charge in [0, 0.05) is 6.42 Å². The van der Waals surface area contributed by atoms with Crippen LogP contribution in [-0.2, 0) is 18.7 Å². The number of hydrogen-bond donors (Lipinski definition) is 0. The molecule has 2 rings (SSSR count). The van der Waals surface area contributed by atoms with Crippen LogP contribution in [0.1, 0.15) is 48.0 Å². The van der Waals surface area contributed by atoms with Crippen LogP contribution in [0.5, 0.6) is 0 Å². The maximum absolute atomic E-state index is 13.5. The van der Waals surface area contributed by atoms with Gasteiger partial charge in [0.25, 0.3) is 0 Å². The molecule has 0 fully saturated rings. The maximum atomic E-state index is 13.5. The SMILES string of the molecule is CC(C)(C)[Si](C)(C)O[C@H]1C[C@@H](O[Si](C)(C)C(C)(C)C)C=C1S(=O)(=O)c1ccccc1. The zero-order valence-corrected chi connectivity index (χ0v) is 23.2. The summed E-state index contributed by atoms with van der Waals surface area (Å²) in [6, 6.07) is 8.66. The van der Waals surface area contributed by atoms with Gasteiger partial charge in [-0.05, 0) is 54.5 Å². The van der Waals surface area contributed by atoms with Crippen LogP contribution in [0.4, 0.5) is 0 Å². The highest BCUT2D eigenvalue weighted by Crippen LogP contribution is 2.44. The van der Waals surface area contributed by atoms with Crippen molar-refractivity contribution in [2.45, 2.75) is 101 Å². The quantitative estimate of drug-likeness (QED) is 0.445. The first kappa shape index (κ1) is 25.5. The molecule has 0 saturated carbocycles. The Bertz CT molecular complexity index is 876. The van der Waals surface area contributed by atoms with E-state index in [0.717, 1.165) is 0 Å². The molecule has 4 nitrogen and oxygen atoms in total. The fourth-order valence-corrected chi connectivity index (χ4v) is 7.22. The van der Waals surface area contributed by atoms with E-state index in [-0.39, 0.29) is 16.2 Å². The normalized spacial score (nSPS) is 21.6. The maximum Gasteiger partial charge on any atom is 0.205 e. The highest BCUT2D eigenvalue weighted by molar-refractivity contribution is 7.95. The van der Waals surface area contributed by atoms with Gasteiger partial charge in [-0.1, -0.05) is 59.7 Å². The molecule has 2 atom stereocenters. The van der Waals surface area contributed by atoms with Crippen molar-refractivity contribution in [3.63, 3.8) is 0 Å². The monoisotopic (exact) mass is 468 g/mol. The number of hydrogen-bond acceptors (Lipinski definition) is 4. The Morgan fingerprint density at radius 2 is 1.30 bits per heavy atom. The van der Waals surface area contributed by atoms with Crippen molar-refractivity contribution < 1.29 is 17.3 Å². The summed E-state index contributed by atoms with van der Waals surface area (Å²) >= 11 is 0. The van der Waals surface area contributed by atoms with Crippen molar-refractivity contribution in [1.29, 1.82) is 0 Å². The topological polar surface area (TPSA) is 52.6 Å². The molecule has 170 valence electrons. The molecule has 0 aliphatic heterocycles. The highest BCUT2D eigenvalue weighted by Gasteiger charge is 2.46. The van der Waals surface area contributed by atoms with Gasteiger partial charge in [0.15, 0.2) is 16.6 Å². The standard InChI is InChI=1S/C23H40O4SSi2/c1-22(2,3)29(7,8)26-18-16-20(27-30(9,10)23(4,5)6)21(17-18)28(24,25)19-14-12-11-13-15-19/h11-15,17-18,20H,16H2,1-10H3/t18-,20+/m1/s1. The van der Waals surface area contributed by atoms with Crippen molar-refractivity contribution in [1.82, 2.24) is 0 Å². The number of rotatable bonds is 6. The van der Waals surface area contributed by atoms with Crippen LogP contribution in [0.25, 0.3) is 0 Å². The molecule has 7 heteroatoms. The van der Waals surface area contributed by atoms with E-state index in [1.165, 1.54) is 0 Å². The second kappa shape index (κ2) is 8.32. The van der Waals surface area contributed by atoms with Crippen molar-refractivity contribution in [3.05, 3.63) is 41.3 Å². The van der Waals surface area contributed by atoms with Gasteiger partial charge >= 0.3 is 0 Å². The van der Waals surface area contributed by atoms with Gasteiger partial charge < -0.3 is 8.85 Å².